The lowest BCUT2D eigenvalue weighted by Crippen LogP contribution is -2.51. The Morgan fingerprint density at radius 2 is 1.94 bits per heavy atom. The Labute approximate surface area is 96.4 Å². The van der Waals surface area contributed by atoms with Gasteiger partial charge in [-0.2, -0.15) is 0 Å². The summed E-state index contributed by atoms with van der Waals surface area (Å²) < 4.78 is 5.15. The van der Waals surface area contributed by atoms with Gasteiger partial charge in [-0.15, -0.1) is 0 Å². The van der Waals surface area contributed by atoms with Gasteiger partial charge in [0.1, 0.15) is 12.1 Å². The van der Waals surface area contributed by atoms with Gasteiger partial charge in [0.2, 0.25) is 5.91 Å². The molecule has 0 unspecified atom stereocenters. The number of carboxylic acid groups (broad SMARTS) is 1. The first-order valence-electron chi connectivity index (χ1n) is 5.41. The van der Waals surface area contributed by atoms with Gasteiger partial charge in [-0.1, -0.05) is 13.3 Å². The van der Waals surface area contributed by atoms with Gasteiger partial charge in [-0.3, -0.25) is 4.79 Å². The molecule has 5 nitrogen and oxygen atoms in total. The number of aliphatic carboxylic acids is 1. The molecule has 0 aromatic heterocycles. The molecule has 0 aromatic carbocycles. The molecule has 0 bridgehead atoms. The number of unbranched alkanes of at least 4 members (excludes halogenated alkanes) is 1. The van der Waals surface area contributed by atoms with Crippen molar-refractivity contribution in [2.75, 3.05) is 20.3 Å². The van der Waals surface area contributed by atoms with Gasteiger partial charge in [0.15, 0.2) is 0 Å². The van der Waals surface area contributed by atoms with Gasteiger partial charge < -0.3 is 14.7 Å². The van der Waals surface area contributed by atoms with Crippen molar-refractivity contribution in [3.8, 4) is 0 Å². The predicted molar refractivity (Wildman–Crippen MR) is 60.2 cm³/mol. The Kier molecular flexibility index (Phi) is 6.03. The molecular weight excluding hydrogens is 210 g/mol. The average Bonchev–Trinajstić information content (AvgIpc) is 2.22. The molecule has 0 aliphatic rings. The van der Waals surface area contributed by atoms with Crippen LogP contribution in [0.2, 0.25) is 0 Å². The standard InChI is InChI=1S/C11H21NO4/c1-5-6-7-16-8-9(13)12(4)11(2,3)10(14)15/h5-8H2,1-4H3,(H,14,15). The summed E-state index contributed by atoms with van der Waals surface area (Å²) in [6, 6.07) is 0. The number of hydrogen-bond acceptors (Lipinski definition) is 3. The molecule has 0 heterocycles. The Morgan fingerprint density at radius 3 is 2.38 bits per heavy atom. The van der Waals surface area contributed by atoms with Gasteiger partial charge in [0, 0.05) is 13.7 Å². The number of rotatable bonds is 7. The van der Waals surface area contributed by atoms with Gasteiger partial charge in [-0.25, -0.2) is 4.79 Å². The Hall–Kier alpha value is -1.10. The van der Waals surface area contributed by atoms with Crippen LogP contribution in [0.5, 0.6) is 0 Å². The summed E-state index contributed by atoms with van der Waals surface area (Å²) in [5.74, 6) is -1.35. The second kappa shape index (κ2) is 6.48. The number of carbonyl (C=O) groups is 2. The van der Waals surface area contributed by atoms with Crippen LogP contribution in [0.25, 0.3) is 0 Å². The number of likely N-dealkylation sites (N-methyl/N-ethyl adjacent to an activating group) is 1. The average molecular weight is 231 g/mol. The summed E-state index contributed by atoms with van der Waals surface area (Å²) in [5, 5.41) is 8.94. The third-order valence-corrected chi connectivity index (χ3v) is 2.60. The van der Waals surface area contributed by atoms with Crippen LogP contribution in [0.4, 0.5) is 0 Å². The van der Waals surface area contributed by atoms with Crippen molar-refractivity contribution in [1.82, 2.24) is 4.90 Å². The normalized spacial score (nSPS) is 11.2. The molecule has 1 N–H and O–H groups in total. The Morgan fingerprint density at radius 1 is 1.38 bits per heavy atom. The van der Waals surface area contributed by atoms with E-state index in [-0.39, 0.29) is 12.5 Å². The minimum atomic E-state index is -1.20. The van der Waals surface area contributed by atoms with Gasteiger partial charge in [-0.05, 0) is 20.3 Å². The number of carboxylic acids is 1. The fraction of sp³-hybridized carbons (Fsp3) is 0.818. The van der Waals surface area contributed by atoms with E-state index in [1.54, 1.807) is 0 Å². The monoisotopic (exact) mass is 231 g/mol. The maximum Gasteiger partial charge on any atom is 0.329 e. The van der Waals surface area contributed by atoms with Crippen molar-refractivity contribution in [2.24, 2.45) is 0 Å². The molecule has 0 atom stereocenters. The molecule has 5 heteroatoms. The molecule has 0 radical (unpaired) electrons. The minimum absolute atomic E-state index is 0.0623. The molecule has 0 spiro atoms. The zero-order valence-corrected chi connectivity index (χ0v) is 10.4. The molecular formula is C11H21NO4. The van der Waals surface area contributed by atoms with E-state index in [0.717, 1.165) is 12.8 Å². The second-order valence-electron chi connectivity index (χ2n) is 4.22. The largest absolute Gasteiger partial charge is 0.480 e. The first kappa shape index (κ1) is 14.9. The van der Waals surface area contributed by atoms with E-state index < -0.39 is 11.5 Å². The molecule has 0 aliphatic carbocycles. The molecule has 0 aromatic rings. The Balaban J connectivity index is 4.13. The zero-order valence-electron chi connectivity index (χ0n) is 10.4. The highest BCUT2D eigenvalue weighted by Crippen LogP contribution is 2.12. The fourth-order valence-corrected chi connectivity index (χ4v) is 0.958. The number of nitrogens with zero attached hydrogens (tertiary/aromatic N) is 1. The highest BCUT2D eigenvalue weighted by atomic mass is 16.5. The molecule has 0 rings (SSSR count). The highest BCUT2D eigenvalue weighted by Gasteiger charge is 2.34. The molecule has 1 amide bonds. The smallest absolute Gasteiger partial charge is 0.329 e. The topological polar surface area (TPSA) is 66.8 Å². The summed E-state index contributed by atoms with van der Waals surface area (Å²) in [4.78, 5) is 23.7. The summed E-state index contributed by atoms with van der Waals surface area (Å²) >= 11 is 0. The second-order valence-corrected chi connectivity index (χ2v) is 4.22. The van der Waals surface area contributed by atoms with Crippen LogP contribution in [0.15, 0.2) is 0 Å². The van der Waals surface area contributed by atoms with Crippen LogP contribution in [0.1, 0.15) is 33.6 Å². The molecule has 94 valence electrons. The number of hydrogen-bond donors (Lipinski definition) is 1. The van der Waals surface area contributed by atoms with E-state index in [2.05, 4.69) is 0 Å². The highest BCUT2D eigenvalue weighted by molar-refractivity contribution is 5.86. The quantitative estimate of drug-likeness (QED) is 0.667. The van der Waals surface area contributed by atoms with Crippen LogP contribution < -0.4 is 0 Å². The lowest BCUT2D eigenvalue weighted by Gasteiger charge is -2.31. The molecule has 0 aliphatic heterocycles. The van der Waals surface area contributed by atoms with Gasteiger partial charge in [0.25, 0.3) is 0 Å². The van der Waals surface area contributed by atoms with Crippen molar-refractivity contribution in [1.29, 1.82) is 0 Å². The minimum Gasteiger partial charge on any atom is -0.480 e. The first-order valence-corrected chi connectivity index (χ1v) is 5.41. The van der Waals surface area contributed by atoms with Crippen LogP contribution in [-0.4, -0.2) is 47.7 Å². The number of amides is 1. The van der Waals surface area contributed by atoms with Gasteiger partial charge >= 0.3 is 5.97 Å². The SMILES string of the molecule is CCCCOCC(=O)N(C)C(C)(C)C(=O)O. The van der Waals surface area contributed by atoms with E-state index in [4.69, 9.17) is 9.84 Å². The van der Waals surface area contributed by atoms with Crippen LogP contribution in [-0.2, 0) is 14.3 Å². The van der Waals surface area contributed by atoms with E-state index >= 15 is 0 Å². The summed E-state index contributed by atoms with van der Waals surface area (Å²) in [6.07, 6.45) is 1.91. The lowest BCUT2D eigenvalue weighted by atomic mass is 10.0. The third-order valence-electron chi connectivity index (χ3n) is 2.60. The summed E-state index contributed by atoms with van der Waals surface area (Å²) in [7, 11) is 1.47. The van der Waals surface area contributed by atoms with Crippen LogP contribution in [0, 0.1) is 0 Å². The Bertz CT molecular complexity index is 250. The first-order chi connectivity index (χ1) is 7.34. The van der Waals surface area contributed by atoms with Gasteiger partial charge in [0.05, 0.1) is 0 Å². The summed E-state index contributed by atoms with van der Waals surface area (Å²) in [5.41, 5.74) is -1.20. The predicted octanol–water partition coefficient (Wildman–Crippen LogP) is 1.12. The number of ether oxygens (including phenoxy) is 1. The van der Waals surface area contributed by atoms with Crippen LogP contribution >= 0.6 is 0 Å². The maximum atomic E-state index is 11.6. The lowest BCUT2D eigenvalue weighted by molar-refractivity contribution is -0.157. The molecule has 0 fully saturated rings. The fourth-order valence-electron chi connectivity index (χ4n) is 0.958. The molecule has 16 heavy (non-hydrogen) atoms. The molecule has 0 saturated carbocycles. The van der Waals surface area contributed by atoms with E-state index in [1.165, 1.54) is 25.8 Å². The van der Waals surface area contributed by atoms with Crippen molar-refractivity contribution >= 4 is 11.9 Å². The van der Waals surface area contributed by atoms with Crippen molar-refractivity contribution in [2.45, 2.75) is 39.2 Å². The molecule has 0 saturated heterocycles. The van der Waals surface area contributed by atoms with E-state index in [1.807, 2.05) is 6.92 Å². The third kappa shape index (κ3) is 4.18. The van der Waals surface area contributed by atoms with Crippen molar-refractivity contribution in [3.05, 3.63) is 0 Å². The summed E-state index contributed by atoms with van der Waals surface area (Å²) in [6.45, 7) is 5.47. The van der Waals surface area contributed by atoms with E-state index in [0.29, 0.717) is 6.61 Å². The van der Waals surface area contributed by atoms with Crippen molar-refractivity contribution in [3.63, 3.8) is 0 Å². The van der Waals surface area contributed by atoms with E-state index in [9.17, 15) is 9.59 Å². The van der Waals surface area contributed by atoms with Crippen molar-refractivity contribution < 1.29 is 19.4 Å². The van der Waals surface area contributed by atoms with Crippen LogP contribution in [0.3, 0.4) is 0 Å². The maximum absolute atomic E-state index is 11.6. The number of carbonyl (C=O) groups excluding carboxylic acids is 1. The zero-order chi connectivity index (χ0) is 12.8.